The van der Waals surface area contributed by atoms with E-state index in [0.29, 0.717) is 6.04 Å². The smallest absolute Gasteiger partial charge is 0.244 e. The van der Waals surface area contributed by atoms with Crippen molar-refractivity contribution in [3.63, 3.8) is 0 Å². The minimum atomic E-state index is 0.148. The molecule has 1 aromatic heterocycles. The van der Waals surface area contributed by atoms with Crippen LogP contribution < -0.4 is 0 Å². The zero-order chi connectivity index (χ0) is 13.9. The highest BCUT2D eigenvalue weighted by molar-refractivity contribution is 5.80. The van der Waals surface area contributed by atoms with Crippen LogP contribution in [0.1, 0.15) is 32.6 Å². The molecule has 1 amide bonds. The predicted molar refractivity (Wildman–Crippen MR) is 77.2 cm³/mol. The lowest BCUT2D eigenvalue weighted by atomic mass is 10.2. The van der Waals surface area contributed by atoms with E-state index in [1.54, 1.807) is 4.68 Å². The van der Waals surface area contributed by atoms with Gasteiger partial charge in [-0.3, -0.25) is 4.79 Å². The van der Waals surface area contributed by atoms with Crippen LogP contribution in [0.2, 0.25) is 0 Å². The molecule has 5 nitrogen and oxygen atoms in total. The number of carbonyl (C=O) groups is 1. The normalized spacial score (nSPS) is 15.8. The average molecular weight is 272 g/mol. The molecule has 1 saturated carbocycles. The molecule has 0 bridgehead atoms. The van der Waals surface area contributed by atoms with E-state index in [2.05, 4.69) is 17.2 Å². The van der Waals surface area contributed by atoms with Crippen molar-refractivity contribution in [2.24, 2.45) is 0 Å². The lowest BCUT2D eigenvalue weighted by molar-refractivity contribution is -0.134. The Morgan fingerprint density at radius 1 is 1.35 bits per heavy atom. The van der Waals surface area contributed by atoms with E-state index in [4.69, 9.17) is 0 Å². The summed E-state index contributed by atoms with van der Waals surface area (Å²) in [6.45, 7) is 3.11. The second kappa shape index (κ2) is 5.61. The van der Waals surface area contributed by atoms with Crippen LogP contribution in [-0.2, 0) is 11.3 Å². The molecule has 0 aliphatic heterocycles. The van der Waals surface area contributed by atoms with Crippen molar-refractivity contribution < 1.29 is 4.79 Å². The van der Waals surface area contributed by atoms with Gasteiger partial charge in [-0.25, -0.2) is 4.68 Å². The van der Waals surface area contributed by atoms with Crippen LogP contribution in [0.4, 0.5) is 0 Å². The summed E-state index contributed by atoms with van der Waals surface area (Å²) >= 11 is 0. The Balaban J connectivity index is 1.77. The Bertz CT molecular complexity index is 601. The molecule has 3 rings (SSSR count). The summed E-state index contributed by atoms with van der Waals surface area (Å²) < 4.78 is 1.70. The summed E-state index contributed by atoms with van der Waals surface area (Å²) in [5.41, 5.74) is 1.76. The van der Waals surface area contributed by atoms with Gasteiger partial charge in [0, 0.05) is 12.6 Å². The highest BCUT2D eigenvalue weighted by atomic mass is 16.2. The average Bonchev–Trinajstić information content (AvgIpc) is 3.10. The molecule has 5 heteroatoms. The number of rotatable bonds is 4. The van der Waals surface area contributed by atoms with Gasteiger partial charge in [0.05, 0.1) is 5.52 Å². The molecule has 0 saturated heterocycles. The van der Waals surface area contributed by atoms with Gasteiger partial charge < -0.3 is 4.90 Å². The topological polar surface area (TPSA) is 51.0 Å². The minimum absolute atomic E-state index is 0.148. The van der Waals surface area contributed by atoms with Crippen LogP contribution in [-0.4, -0.2) is 38.4 Å². The molecule has 20 heavy (non-hydrogen) atoms. The second-order valence-corrected chi connectivity index (χ2v) is 5.35. The first-order valence-electron chi connectivity index (χ1n) is 7.37. The fraction of sp³-hybridized carbons (Fsp3) is 0.533. The Hall–Kier alpha value is -1.91. The summed E-state index contributed by atoms with van der Waals surface area (Å²) in [6, 6.07) is 8.16. The number of para-hydroxylation sites is 1. The number of fused-ring (bicyclic) bond motifs is 1. The number of carbonyl (C=O) groups excluding carboxylic acids is 1. The first kappa shape index (κ1) is 13.1. The summed E-state index contributed by atoms with van der Waals surface area (Å²) in [6.07, 6.45) is 4.75. The van der Waals surface area contributed by atoms with Crippen LogP contribution in [0, 0.1) is 0 Å². The van der Waals surface area contributed by atoms with Crippen LogP contribution in [0.3, 0.4) is 0 Å². The molecule has 1 heterocycles. The van der Waals surface area contributed by atoms with Crippen molar-refractivity contribution >= 4 is 16.9 Å². The Morgan fingerprint density at radius 2 is 2.10 bits per heavy atom. The number of amides is 1. The zero-order valence-corrected chi connectivity index (χ0v) is 11.8. The monoisotopic (exact) mass is 272 g/mol. The summed E-state index contributed by atoms with van der Waals surface area (Å²) in [4.78, 5) is 14.5. The minimum Gasteiger partial charge on any atom is -0.338 e. The molecule has 1 fully saturated rings. The van der Waals surface area contributed by atoms with Crippen molar-refractivity contribution in [2.45, 2.75) is 45.2 Å². The van der Waals surface area contributed by atoms with Crippen LogP contribution in [0.15, 0.2) is 24.3 Å². The summed E-state index contributed by atoms with van der Waals surface area (Å²) in [7, 11) is 0. The first-order chi connectivity index (χ1) is 9.79. The van der Waals surface area contributed by atoms with Crippen molar-refractivity contribution in [3.8, 4) is 0 Å². The highest BCUT2D eigenvalue weighted by Crippen LogP contribution is 2.23. The van der Waals surface area contributed by atoms with Gasteiger partial charge in [0.25, 0.3) is 0 Å². The van der Waals surface area contributed by atoms with Crippen LogP contribution in [0.25, 0.3) is 11.0 Å². The maximum atomic E-state index is 12.5. The van der Waals surface area contributed by atoms with Gasteiger partial charge in [0.2, 0.25) is 5.91 Å². The molecule has 0 radical (unpaired) electrons. The quantitative estimate of drug-likeness (QED) is 0.857. The van der Waals surface area contributed by atoms with Gasteiger partial charge in [0.1, 0.15) is 12.1 Å². The number of nitrogens with zero attached hydrogens (tertiary/aromatic N) is 4. The molecule has 1 aliphatic carbocycles. The third kappa shape index (κ3) is 2.40. The third-order valence-corrected chi connectivity index (χ3v) is 4.13. The molecule has 2 aromatic rings. The maximum Gasteiger partial charge on any atom is 0.244 e. The molecular formula is C15H20N4O. The maximum absolute atomic E-state index is 12.5. The van der Waals surface area contributed by atoms with Gasteiger partial charge in [0.15, 0.2) is 0 Å². The van der Waals surface area contributed by atoms with E-state index in [1.807, 2.05) is 29.2 Å². The molecule has 1 aliphatic rings. The Kier molecular flexibility index (Phi) is 3.67. The zero-order valence-electron chi connectivity index (χ0n) is 11.8. The molecule has 106 valence electrons. The van der Waals surface area contributed by atoms with Gasteiger partial charge in [-0.2, -0.15) is 0 Å². The van der Waals surface area contributed by atoms with Gasteiger partial charge in [-0.05, 0) is 31.9 Å². The largest absolute Gasteiger partial charge is 0.338 e. The molecular weight excluding hydrogens is 252 g/mol. The van der Waals surface area contributed by atoms with E-state index in [9.17, 15) is 4.79 Å². The molecule has 0 N–H and O–H groups in total. The van der Waals surface area contributed by atoms with Crippen molar-refractivity contribution in [3.05, 3.63) is 24.3 Å². The second-order valence-electron chi connectivity index (χ2n) is 5.35. The standard InChI is InChI=1S/C15H20N4O/c1-2-18(12-7-3-4-8-12)15(20)11-19-14-10-6-5-9-13(14)16-17-19/h5-6,9-10,12H,2-4,7-8,11H2,1H3. The van der Waals surface area contributed by atoms with E-state index in [1.165, 1.54) is 12.8 Å². The number of likely N-dealkylation sites (N-methyl/N-ethyl adjacent to an activating group) is 1. The lowest BCUT2D eigenvalue weighted by Gasteiger charge is -2.27. The van der Waals surface area contributed by atoms with E-state index < -0.39 is 0 Å². The summed E-state index contributed by atoms with van der Waals surface area (Å²) in [5, 5.41) is 8.19. The van der Waals surface area contributed by atoms with Gasteiger partial charge in [-0.1, -0.05) is 30.2 Å². The fourth-order valence-corrected chi connectivity index (χ4v) is 3.11. The van der Waals surface area contributed by atoms with E-state index in [-0.39, 0.29) is 12.5 Å². The van der Waals surface area contributed by atoms with Crippen molar-refractivity contribution in [2.75, 3.05) is 6.54 Å². The SMILES string of the molecule is CCN(C(=O)Cn1nnc2ccccc21)C1CCCC1. The number of aromatic nitrogens is 3. The molecule has 0 atom stereocenters. The highest BCUT2D eigenvalue weighted by Gasteiger charge is 2.25. The van der Waals surface area contributed by atoms with Crippen LogP contribution >= 0.6 is 0 Å². The van der Waals surface area contributed by atoms with Crippen LogP contribution in [0.5, 0.6) is 0 Å². The Morgan fingerprint density at radius 3 is 2.85 bits per heavy atom. The molecule has 0 unspecified atom stereocenters. The van der Waals surface area contributed by atoms with E-state index >= 15 is 0 Å². The lowest BCUT2D eigenvalue weighted by Crippen LogP contribution is -2.40. The third-order valence-electron chi connectivity index (χ3n) is 4.13. The first-order valence-corrected chi connectivity index (χ1v) is 7.37. The Labute approximate surface area is 118 Å². The fourth-order valence-electron chi connectivity index (χ4n) is 3.11. The predicted octanol–water partition coefficient (Wildman–Crippen LogP) is 2.22. The number of benzene rings is 1. The number of hydrogen-bond acceptors (Lipinski definition) is 3. The van der Waals surface area contributed by atoms with Crippen molar-refractivity contribution in [1.82, 2.24) is 19.9 Å². The van der Waals surface area contributed by atoms with Gasteiger partial charge >= 0.3 is 0 Å². The van der Waals surface area contributed by atoms with Crippen molar-refractivity contribution in [1.29, 1.82) is 0 Å². The summed E-state index contributed by atoms with van der Waals surface area (Å²) in [5.74, 6) is 0.148. The molecule has 1 aromatic carbocycles. The van der Waals surface area contributed by atoms with Gasteiger partial charge in [-0.15, -0.1) is 5.10 Å². The number of hydrogen-bond donors (Lipinski definition) is 0. The molecule has 0 spiro atoms. The van der Waals surface area contributed by atoms with E-state index in [0.717, 1.165) is 30.4 Å².